The van der Waals surface area contributed by atoms with Crippen molar-refractivity contribution in [3.63, 3.8) is 0 Å². The number of alkyl halides is 1. The van der Waals surface area contributed by atoms with Crippen molar-refractivity contribution in [1.82, 2.24) is 9.97 Å². The first-order valence-corrected chi connectivity index (χ1v) is 9.25. The Bertz CT molecular complexity index is 988. The van der Waals surface area contributed by atoms with Crippen LogP contribution in [0.2, 0.25) is 5.02 Å². The number of nitro groups is 1. The lowest BCUT2D eigenvalue weighted by Gasteiger charge is -2.11. The maximum absolute atomic E-state index is 13.3. The van der Waals surface area contributed by atoms with Crippen LogP contribution in [0.4, 0.5) is 21.6 Å². The van der Waals surface area contributed by atoms with Crippen molar-refractivity contribution < 1.29 is 14.1 Å². The first-order chi connectivity index (χ1) is 13.5. The molecule has 28 heavy (non-hydrogen) atoms. The minimum Gasteiger partial charge on any atom is -0.485 e. The van der Waals surface area contributed by atoms with Gasteiger partial charge in [0.25, 0.3) is 0 Å². The maximum Gasteiger partial charge on any atom is 0.311 e. The molecule has 0 radical (unpaired) electrons. The van der Waals surface area contributed by atoms with Gasteiger partial charge in [-0.15, -0.1) is 11.6 Å². The van der Waals surface area contributed by atoms with Gasteiger partial charge in [0.05, 0.1) is 26.7 Å². The van der Waals surface area contributed by atoms with E-state index >= 15 is 0 Å². The van der Waals surface area contributed by atoms with E-state index in [0.717, 1.165) is 0 Å². The number of hydrogen-bond donors (Lipinski definition) is 1. The fourth-order valence-electron chi connectivity index (χ4n) is 2.29. The van der Waals surface area contributed by atoms with Gasteiger partial charge >= 0.3 is 5.69 Å². The van der Waals surface area contributed by atoms with E-state index in [0.29, 0.717) is 22.4 Å². The average Bonchev–Trinajstić information content (AvgIpc) is 2.70. The zero-order valence-corrected chi connectivity index (χ0v) is 16.6. The molecule has 148 valence electrons. The summed E-state index contributed by atoms with van der Waals surface area (Å²) in [5.41, 5.74) is 0.671. The Morgan fingerprint density at radius 2 is 2.00 bits per heavy atom. The van der Waals surface area contributed by atoms with Crippen LogP contribution in [0.25, 0.3) is 10.9 Å². The van der Waals surface area contributed by atoms with Gasteiger partial charge in [-0.25, -0.2) is 14.4 Å². The Morgan fingerprint density at radius 3 is 2.64 bits per heavy atom. The van der Waals surface area contributed by atoms with Crippen molar-refractivity contribution in [3.05, 3.63) is 57.6 Å². The largest absolute Gasteiger partial charge is 0.485 e. The highest BCUT2D eigenvalue weighted by molar-refractivity contribution is 6.31. The van der Waals surface area contributed by atoms with Crippen molar-refractivity contribution in [2.24, 2.45) is 0 Å². The lowest BCUT2D eigenvalue weighted by Crippen LogP contribution is -2.03. The van der Waals surface area contributed by atoms with Crippen LogP contribution in [-0.2, 0) is 0 Å². The highest BCUT2D eigenvalue weighted by atomic mass is 35.5. The van der Waals surface area contributed by atoms with Gasteiger partial charge in [0.1, 0.15) is 24.6 Å². The van der Waals surface area contributed by atoms with E-state index in [1.807, 2.05) is 13.8 Å². The van der Waals surface area contributed by atoms with Crippen LogP contribution in [0.5, 0.6) is 5.75 Å². The molecule has 0 spiro atoms. The smallest absolute Gasteiger partial charge is 0.311 e. The van der Waals surface area contributed by atoms with Crippen LogP contribution in [0, 0.1) is 15.9 Å². The molecule has 0 bridgehead atoms. The third kappa shape index (κ3) is 4.96. The fraction of sp³-hybridized carbons (Fsp3) is 0.222. The van der Waals surface area contributed by atoms with E-state index in [1.54, 1.807) is 0 Å². The number of rotatable bonds is 6. The number of nitrogens with one attached hydrogen (secondary N) is 1. The summed E-state index contributed by atoms with van der Waals surface area (Å²) in [6.45, 7) is 4.12. The molecule has 1 N–H and O–H groups in total. The number of nitro benzene ring substituents is 1. The molecule has 0 saturated carbocycles. The summed E-state index contributed by atoms with van der Waals surface area (Å²) in [4.78, 5) is 19.0. The number of fused-ring (bicyclic) bond motifs is 1. The Hall–Kier alpha value is -2.71. The first kappa shape index (κ1) is 21.6. The summed E-state index contributed by atoms with van der Waals surface area (Å²) in [6, 6.07) is 6.82. The summed E-state index contributed by atoms with van der Waals surface area (Å²) in [6.07, 6.45) is 1.30. The maximum atomic E-state index is 13.3. The van der Waals surface area contributed by atoms with Crippen molar-refractivity contribution in [1.29, 1.82) is 0 Å². The van der Waals surface area contributed by atoms with E-state index in [2.05, 4.69) is 15.3 Å². The number of benzene rings is 2. The van der Waals surface area contributed by atoms with Crippen LogP contribution in [0.3, 0.4) is 0 Å². The summed E-state index contributed by atoms with van der Waals surface area (Å²) >= 11 is 11.3. The van der Waals surface area contributed by atoms with Crippen molar-refractivity contribution in [3.8, 4) is 5.75 Å². The quantitative estimate of drug-likeness (QED) is 0.308. The van der Waals surface area contributed by atoms with Gasteiger partial charge in [-0.1, -0.05) is 25.4 Å². The number of halogens is 3. The molecule has 3 rings (SSSR count). The average molecular weight is 427 g/mol. The Balaban J connectivity index is 0.00000136. The summed E-state index contributed by atoms with van der Waals surface area (Å²) in [7, 11) is 0. The molecule has 0 aliphatic carbocycles. The Kier molecular flexibility index (Phi) is 7.71. The van der Waals surface area contributed by atoms with Crippen LogP contribution in [-0.4, -0.2) is 27.4 Å². The highest BCUT2D eigenvalue weighted by Gasteiger charge is 2.19. The third-order valence-electron chi connectivity index (χ3n) is 3.43. The van der Waals surface area contributed by atoms with Gasteiger partial charge < -0.3 is 10.1 Å². The predicted molar refractivity (Wildman–Crippen MR) is 108 cm³/mol. The minimum atomic E-state index is -0.561. The van der Waals surface area contributed by atoms with Crippen LogP contribution in [0.1, 0.15) is 13.8 Å². The molecule has 0 aliphatic heterocycles. The second-order valence-corrected chi connectivity index (χ2v) is 5.89. The van der Waals surface area contributed by atoms with E-state index in [9.17, 15) is 14.5 Å². The molecule has 10 heteroatoms. The minimum absolute atomic E-state index is 0.0592. The van der Waals surface area contributed by atoms with Gasteiger partial charge in [0.15, 0.2) is 5.75 Å². The zero-order valence-electron chi connectivity index (χ0n) is 15.1. The van der Waals surface area contributed by atoms with Gasteiger partial charge in [0, 0.05) is 17.8 Å². The molecule has 0 unspecified atom stereocenters. The Labute approximate surface area is 170 Å². The van der Waals surface area contributed by atoms with E-state index < -0.39 is 10.7 Å². The lowest BCUT2D eigenvalue weighted by atomic mass is 10.2. The summed E-state index contributed by atoms with van der Waals surface area (Å²) < 4.78 is 18.6. The number of nitrogens with zero attached hydrogens (tertiary/aromatic N) is 3. The van der Waals surface area contributed by atoms with Crippen molar-refractivity contribution in [2.75, 3.05) is 17.8 Å². The number of aromatic nitrogens is 2. The van der Waals surface area contributed by atoms with Gasteiger partial charge in [-0.05, 0) is 18.2 Å². The van der Waals surface area contributed by atoms with Crippen LogP contribution in [0.15, 0.2) is 36.7 Å². The molecule has 0 fully saturated rings. The first-order valence-electron chi connectivity index (χ1n) is 8.33. The molecular formula is C18H17Cl2FN4O3. The molecule has 1 heterocycles. The number of hydrogen-bond acceptors (Lipinski definition) is 6. The van der Waals surface area contributed by atoms with E-state index in [1.165, 1.54) is 36.7 Å². The molecule has 0 amide bonds. The Morgan fingerprint density at radius 1 is 1.25 bits per heavy atom. The SMILES string of the molecule is CC.O=[N+]([O-])c1cc2c(Nc3ccc(F)c(Cl)c3)ncnc2cc1OCCCl. The van der Waals surface area contributed by atoms with Gasteiger partial charge in [-0.3, -0.25) is 10.1 Å². The molecule has 7 nitrogen and oxygen atoms in total. The van der Waals surface area contributed by atoms with Crippen LogP contribution >= 0.6 is 23.2 Å². The number of anilines is 2. The monoisotopic (exact) mass is 426 g/mol. The summed E-state index contributed by atoms with van der Waals surface area (Å²) in [5.74, 6) is 0.0145. The molecule has 2 aromatic carbocycles. The third-order valence-corrected chi connectivity index (χ3v) is 3.87. The fourth-order valence-corrected chi connectivity index (χ4v) is 2.55. The number of ether oxygens (including phenoxy) is 1. The van der Waals surface area contributed by atoms with Gasteiger partial charge in [0.2, 0.25) is 0 Å². The zero-order chi connectivity index (χ0) is 20.7. The topological polar surface area (TPSA) is 90.2 Å². The van der Waals surface area contributed by atoms with Crippen LogP contribution < -0.4 is 10.1 Å². The molecular weight excluding hydrogens is 410 g/mol. The van der Waals surface area contributed by atoms with E-state index in [4.69, 9.17) is 27.9 Å². The van der Waals surface area contributed by atoms with E-state index in [-0.39, 0.29) is 28.9 Å². The lowest BCUT2D eigenvalue weighted by molar-refractivity contribution is -0.385. The standard InChI is InChI=1S/C16H11Cl2FN4O3.C2H6/c17-3-4-26-15-7-13-10(6-14(15)23(24)25)16(21-8-20-13)22-9-1-2-12(19)11(18)5-9;1-2/h1-2,5-8H,3-4H2,(H,20,21,22);1-2H3. The predicted octanol–water partition coefficient (Wildman–Crippen LogP) is 5.72. The molecule has 0 atom stereocenters. The molecule has 0 aliphatic rings. The second-order valence-electron chi connectivity index (χ2n) is 5.11. The molecule has 1 aromatic heterocycles. The van der Waals surface area contributed by atoms with Gasteiger partial charge in [-0.2, -0.15) is 0 Å². The highest BCUT2D eigenvalue weighted by Crippen LogP contribution is 2.34. The summed E-state index contributed by atoms with van der Waals surface area (Å²) in [5, 5.41) is 14.7. The van der Waals surface area contributed by atoms with Crippen molar-refractivity contribution in [2.45, 2.75) is 13.8 Å². The normalized spacial score (nSPS) is 10.2. The molecule has 0 saturated heterocycles. The second kappa shape index (κ2) is 10.0. The molecule has 3 aromatic rings. The van der Waals surface area contributed by atoms with Crippen molar-refractivity contribution >= 4 is 51.3 Å².